The van der Waals surface area contributed by atoms with Crippen molar-refractivity contribution >= 4 is 0 Å². The minimum Gasteiger partial charge on any atom is -0.429 e. The first-order valence-corrected chi connectivity index (χ1v) is 9.92. The van der Waals surface area contributed by atoms with Crippen LogP contribution in [0.4, 0.5) is 35.1 Å². The van der Waals surface area contributed by atoms with Gasteiger partial charge in [0.15, 0.2) is 0 Å². The molecular weight excluding hydrogens is 470 g/mol. The highest BCUT2D eigenvalue weighted by Gasteiger charge is 2.41. The van der Waals surface area contributed by atoms with Crippen LogP contribution in [0.15, 0.2) is 36.4 Å². The number of hydrogen-bond acceptors (Lipinski definition) is 2. The van der Waals surface area contributed by atoms with E-state index in [1.54, 1.807) is 0 Å². The molecule has 0 aliphatic heterocycles. The number of benzene rings is 3. The van der Waals surface area contributed by atoms with Gasteiger partial charge in [-0.3, -0.25) is 0 Å². The third-order valence-corrected chi connectivity index (χ3v) is 4.92. The molecule has 34 heavy (non-hydrogen) atoms. The molecule has 0 saturated heterocycles. The summed E-state index contributed by atoms with van der Waals surface area (Å²) in [5, 5.41) is 8.61. The van der Waals surface area contributed by atoms with Gasteiger partial charge in [-0.2, -0.15) is 14.0 Å². The van der Waals surface area contributed by atoms with Crippen molar-refractivity contribution < 1.29 is 39.9 Å². The maximum absolute atomic E-state index is 14.5. The molecule has 0 unspecified atom stereocenters. The minimum absolute atomic E-state index is 0.241. The average molecular weight is 485 g/mol. The standard InChI is InChI=1S/C24H15F8NO/c1-2-3-4-12-5-18(27)22(19(28)6-12)13-7-20(29)23(21(30)8-13)24(31,32)34-14-9-16(25)15(11-33)17(26)10-14/h5-10H,2-4H2,1H3. The fourth-order valence-electron chi connectivity index (χ4n) is 3.34. The van der Waals surface area contributed by atoms with Gasteiger partial charge >= 0.3 is 6.11 Å². The lowest BCUT2D eigenvalue weighted by Gasteiger charge is -2.20. The Hall–Kier alpha value is -3.61. The Kier molecular flexibility index (Phi) is 7.15. The van der Waals surface area contributed by atoms with Crippen molar-refractivity contribution in [2.45, 2.75) is 32.3 Å². The molecule has 0 N–H and O–H groups in total. The van der Waals surface area contributed by atoms with Crippen LogP contribution < -0.4 is 4.74 Å². The van der Waals surface area contributed by atoms with E-state index in [1.165, 1.54) is 6.07 Å². The number of hydrogen-bond donors (Lipinski definition) is 0. The molecule has 0 atom stereocenters. The minimum atomic E-state index is -4.78. The van der Waals surface area contributed by atoms with Crippen LogP contribution in [0.25, 0.3) is 11.1 Å². The molecule has 178 valence electrons. The van der Waals surface area contributed by atoms with E-state index in [0.717, 1.165) is 18.6 Å². The normalized spacial score (nSPS) is 11.4. The van der Waals surface area contributed by atoms with Gasteiger partial charge in [0.2, 0.25) is 0 Å². The van der Waals surface area contributed by atoms with Gasteiger partial charge in [-0.15, -0.1) is 0 Å². The molecule has 0 heterocycles. The summed E-state index contributed by atoms with van der Waals surface area (Å²) in [6, 6.07) is 4.22. The number of rotatable bonds is 7. The quantitative estimate of drug-likeness (QED) is 0.324. The molecule has 0 bridgehead atoms. The zero-order valence-electron chi connectivity index (χ0n) is 17.5. The number of halogens is 8. The summed E-state index contributed by atoms with van der Waals surface area (Å²) >= 11 is 0. The van der Waals surface area contributed by atoms with Crippen LogP contribution in [0.5, 0.6) is 5.75 Å². The number of aryl methyl sites for hydroxylation is 1. The van der Waals surface area contributed by atoms with Crippen molar-refractivity contribution in [3.05, 3.63) is 88.0 Å². The van der Waals surface area contributed by atoms with Gasteiger partial charge in [0.05, 0.1) is 5.56 Å². The van der Waals surface area contributed by atoms with E-state index in [4.69, 9.17) is 5.26 Å². The maximum Gasteiger partial charge on any atom is 0.432 e. The Balaban J connectivity index is 2.00. The lowest BCUT2D eigenvalue weighted by Crippen LogP contribution is -2.25. The summed E-state index contributed by atoms with van der Waals surface area (Å²) in [4.78, 5) is 0. The van der Waals surface area contributed by atoms with E-state index in [2.05, 4.69) is 4.74 Å². The Morgan fingerprint density at radius 3 is 1.79 bits per heavy atom. The molecule has 0 saturated carbocycles. The molecule has 3 rings (SSSR count). The van der Waals surface area contributed by atoms with Gasteiger partial charge in [-0.1, -0.05) is 13.3 Å². The average Bonchev–Trinajstić information content (AvgIpc) is 2.70. The fraction of sp³-hybridized carbons (Fsp3) is 0.208. The largest absolute Gasteiger partial charge is 0.432 e. The zero-order chi connectivity index (χ0) is 25.2. The number of alkyl halides is 2. The number of ether oxygens (including phenoxy) is 1. The maximum atomic E-state index is 14.5. The van der Waals surface area contributed by atoms with E-state index in [1.807, 2.05) is 6.92 Å². The SMILES string of the molecule is CCCCc1cc(F)c(-c2cc(F)c(C(F)(F)Oc3cc(F)c(C#N)c(F)c3)c(F)c2)c(F)c1. The third kappa shape index (κ3) is 4.98. The van der Waals surface area contributed by atoms with Crippen LogP contribution in [0, 0.1) is 46.2 Å². The number of nitriles is 1. The van der Waals surface area contributed by atoms with Crippen molar-refractivity contribution in [2.24, 2.45) is 0 Å². The van der Waals surface area contributed by atoms with Gasteiger partial charge in [0.25, 0.3) is 0 Å². The molecular formula is C24H15F8NO. The second-order valence-corrected chi connectivity index (χ2v) is 7.35. The highest BCUT2D eigenvalue weighted by atomic mass is 19.3. The molecule has 0 amide bonds. The topological polar surface area (TPSA) is 33.0 Å². The summed E-state index contributed by atoms with van der Waals surface area (Å²) in [6.07, 6.45) is -2.99. The lowest BCUT2D eigenvalue weighted by atomic mass is 9.98. The van der Waals surface area contributed by atoms with Crippen molar-refractivity contribution in [3.63, 3.8) is 0 Å². The summed E-state index contributed by atoms with van der Waals surface area (Å²) in [5.74, 6) is -10.3. The summed E-state index contributed by atoms with van der Waals surface area (Å²) in [5.41, 5.74) is -4.18. The van der Waals surface area contributed by atoms with E-state index >= 15 is 0 Å². The van der Waals surface area contributed by atoms with Gasteiger partial charge < -0.3 is 4.74 Å². The van der Waals surface area contributed by atoms with Crippen LogP contribution in [-0.4, -0.2) is 0 Å². The molecule has 3 aromatic carbocycles. The van der Waals surface area contributed by atoms with Crippen molar-refractivity contribution in [3.8, 4) is 22.9 Å². The van der Waals surface area contributed by atoms with Crippen LogP contribution in [0.2, 0.25) is 0 Å². The Bertz CT molecular complexity index is 1210. The smallest absolute Gasteiger partial charge is 0.429 e. The van der Waals surface area contributed by atoms with E-state index < -0.39 is 69.0 Å². The van der Waals surface area contributed by atoms with Crippen molar-refractivity contribution in [1.82, 2.24) is 0 Å². The van der Waals surface area contributed by atoms with Crippen LogP contribution in [0.1, 0.15) is 36.5 Å². The first-order chi connectivity index (χ1) is 16.0. The third-order valence-electron chi connectivity index (χ3n) is 4.92. The second kappa shape index (κ2) is 9.71. The van der Waals surface area contributed by atoms with E-state index in [0.29, 0.717) is 30.5 Å². The first-order valence-electron chi connectivity index (χ1n) is 9.92. The monoisotopic (exact) mass is 485 g/mol. The Morgan fingerprint density at radius 1 is 0.794 bits per heavy atom. The van der Waals surface area contributed by atoms with Crippen LogP contribution >= 0.6 is 0 Å². The van der Waals surface area contributed by atoms with Crippen LogP contribution in [-0.2, 0) is 12.5 Å². The highest BCUT2D eigenvalue weighted by molar-refractivity contribution is 5.66. The van der Waals surface area contributed by atoms with Gasteiger partial charge in [-0.25, -0.2) is 26.3 Å². The van der Waals surface area contributed by atoms with E-state index in [-0.39, 0.29) is 12.1 Å². The number of unbranched alkanes of at least 4 members (excludes halogenated alkanes) is 1. The predicted molar refractivity (Wildman–Crippen MR) is 106 cm³/mol. The molecule has 3 aromatic rings. The molecule has 0 fully saturated rings. The second-order valence-electron chi connectivity index (χ2n) is 7.35. The lowest BCUT2D eigenvalue weighted by molar-refractivity contribution is -0.189. The van der Waals surface area contributed by atoms with Crippen molar-refractivity contribution in [2.75, 3.05) is 0 Å². The van der Waals surface area contributed by atoms with Crippen LogP contribution in [0.3, 0.4) is 0 Å². The summed E-state index contributed by atoms with van der Waals surface area (Å²) in [6.45, 7) is 1.88. The molecule has 0 aromatic heterocycles. The molecule has 0 aliphatic carbocycles. The molecule has 0 aliphatic rings. The first kappa shape index (κ1) is 25.0. The summed E-state index contributed by atoms with van der Waals surface area (Å²) < 4.78 is 119. The summed E-state index contributed by atoms with van der Waals surface area (Å²) in [7, 11) is 0. The highest BCUT2D eigenvalue weighted by Crippen LogP contribution is 2.38. The van der Waals surface area contributed by atoms with Crippen molar-refractivity contribution in [1.29, 1.82) is 5.26 Å². The molecule has 0 radical (unpaired) electrons. The fourth-order valence-corrected chi connectivity index (χ4v) is 3.34. The molecule has 0 spiro atoms. The Morgan fingerprint density at radius 2 is 1.32 bits per heavy atom. The van der Waals surface area contributed by atoms with Gasteiger partial charge in [0.1, 0.15) is 57.8 Å². The Labute approximate surface area is 189 Å². The zero-order valence-corrected chi connectivity index (χ0v) is 17.5. The van der Waals surface area contributed by atoms with Gasteiger partial charge in [0, 0.05) is 12.1 Å². The predicted octanol–water partition coefficient (Wildman–Crippen LogP) is 7.53. The molecule has 2 nitrogen and oxygen atoms in total. The number of nitrogens with zero attached hydrogens (tertiary/aromatic N) is 1. The molecule has 10 heteroatoms. The van der Waals surface area contributed by atoms with Gasteiger partial charge in [-0.05, 0) is 48.2 Å². The van der Waals surface area contributed by atoms with E-state index in [9.17, 15) is 35.1 Å².